The number of para-hydroxylation sites is 2. The minimum absolute atomic E-state index is 0.629. The zero-order valence-electron chi connectivity index (χ0n) is 25.4. The lowest BCUT2D eigenvalue weighted by molar-refractivity contribution is 0.620. The molecule has 0 saturated carbocycles. The summed E-state index contributed by atoms with van der Waals surface area (Å²) in [7, 11) is 0. The lowest BCUT2D eigenvalue weighted by Crippen LogP contribution is -2.11. The van der Waals surface area contributed by atoms with Crippen LogP contribution in [0.3, 0.4) is 0 Å². The van der Waals surface area contributed by atoms with Crippen molar-refractivity contribution in [2.45, 2.75) is 0 Å². The molecule has 0 saturated heterocycles. The zero-order valence-corrected chi connectivity index (χ0v) is 26.2. The molecule has 0 aliphatic rings. The smallest absolute Gasteiger partial charge is 0.227 e. The summed E-state index contributed by atoms with van der Waals surface area (Å²) >= 11 is 1.84. The van der Waals surface area contributed by atoms with Crippen molar-refractivity contribution in [1.29, 1.82) is 0 Å². The monoisotopic (exact) mass is 620 g/mol. The Morgan fingerprint density at radius 3 is 1.94 bits per heavy atom. The highest BCUT2D eigenvalue weighted by molar-refractivity contribution is 7.25. The van der Waals surface area contributed by atoms with Crippen LogP contribution in [-0.4, -0.2) is 4.98 Å². The molecule has 0 N–H and O–H groups in total. The fourth-order valence-corrected chi connectivity index (χ4v) is 7.57. The van der Waals surface area contributed by atoms with Gasteiger partial charge in [-0.2, -0.15) is 0 Å². The zero-order chi connectivity index (χ0) is 31.2. The number of anilines is 3. The van der Waals surface area contributed by atoms with E-state index in [4.69, 9.17) is 9.40 Å². The molecule has 3 nitrogen and oxygen atoms in total. The molecule has 47 heavy (non-hydrogen) atoms. The van der Waals surface area contributed by atoms with Crippen molar-refractivity contribution in [1.82, 2.24) is 4.98 Å². The number of thiophene rings is 1. The molecule has 4 heteroatoms. The van der Waals surface area contributed by atoms with Gasteiger partial charge in [0.05, 0.1) is 5.69 Å². The van der Waals surface area contributed by atoms with Crippen LogP contribution in [0.1, 0.15) is 0 Å². The van der Waals surface area contributed by atoms with Crippen LogP contribution in [0.4, 0.5) is 17.1 Å². The van der Waals surface area contributed by atoms with Gasteiger partial charge in [0.15, 0.2) is 5.58 Å². The number of fused-ring (bicyclic) bond motifs is 4. The summed E-state index contributed by atoms with van der Waals surface area (Å²) in [6.45, 7) is 0. The SMILES string of the molecule is c1ccc(-c2nc3c(-c4ccc(N(c5ccc6sc7ccccc7c6c5)c5ccccc5-c5ccccc5)cc4)cccc3o2)cc1. The minimum Gasteiger partial charge on any atom is -0.436 e. The van der Waals surface area contributed by atoms with E-state index in [0.717, 1.165) is 44.9 Å². The maximum Gasteiger partial charge on any atom is 0.227 e. The van der Waals surface area contributed by atoms with Gasteiger partial charge in [-0.1, -0.05) is 109 Å². The number of aromatic nitrogens is 1. The number of oxazole rings is 1. The Bertz CT molecular complexity index is 2510. The van der Waals surface area contributed by atoms with Crippen molar-refractivity contribution in [3.63, 3.8) is 0 Å². The Hall–Kier alpha value is -5.97. The molecule has 0 atom stereocenters. The van der Waals surface area contributed by atoms with E-state index in [9.17, 15) is 0 Å². The van der Waals surface area contributed by atoms with Crippen molar-refractivity contribution in [3.05, 3.63) is 170 Å². The number of nitrogens with zero attached hydrogens (tertiary/aromatic N) is 2. The van der Waals surface area contributed by atoms with E-state index in [-0.39, 0.29) is 0 Å². The second kappa shape index (κ2) is 11.4. The molecule has 9 rings (SSSR count). The van der Waals surface area contributed by atoms with Crippen molar-refractivity contribution in [2.75, 3.05) is 4.90 Å². The van der Waals surface area contributed by atoms with E-state index in [0.29, 0.717) is 5.89 Å². The molecule has 7 aromatic carbocycles. The maximum absolute atomic E-state index is 6.19. The van der Waals surface area contributed by atoms with Crippen molar-refractivity contribution >= 4 is 59.7 Å². The van der Waals surface area contributed by atoms with Gasteiger partial charge in [0.2, 0.25) is 5.89 Å². The van der Waals surface area contributed by atoms with E-state index >= 15 is 0 Å². The third-order valence-electron chi connectivity index (χ3n) is 8.72. The van der Waals surface area contributed by atoms with Gasteiger partial charge in [-0.05, 0) is 71.8 Å². The van der Waals surface area contributed by atoms with Gasteiger partial charge in [0.25, 0.3) is 0 Å². The predicted octanol–water partition coefficient (Wildman–Crippen LogP) is 12.7. The highest BCUT2D eigenvalue weighted by Crippen LogP contribution is 2.44. The molecule has 0 fully saturated rings. The number of hydrogen-bond donors (Lipinski definition) is 0. The number of rotatable bonds is 6. The van der Waals surface area contributed by atoms with Crippen LogP contribution >= 0.6 is 11.3 Å². The first-order valence-corrected chi connectivity index (χ1v) is 16.5. The Kier molecular flexibility index (Phi) is 6.65. The molecule has 0 aliphatic carbocycles. The molecule has 2 heterocycles. The first-order chi connectivity index (χ1) is 23.3. The molecule has 0 unspecified atom stereocenters. The Labute approximate surface area is 276 Å². The Morgan fingerprint density at radius 1 is 0.468 bits per heavy atom. The van der Waals surface area contributed by atoms with Gasteiger partial charge in [-0.3, -0.25) is 0 Å². The van der Waals surface area contributed by atoms with Crippen LogP contribution in [0, 0.1) is 0 Å². The predicted molar refractivity (Wildman–Crippen MR) is 198 cm³/mol. The van der Waals surface area contributed by atoms with Gasteiger partial charge in [-0.25, -0.2) is 4.98 Å². The molecular formula is C43H28N2OS. The molecule has 0 spiro atoms. The first-order valence-electron chi connectivity index (χ1n) is 15.7. The molecule has 0 aliphatic heterocycles. The van der Waals surface area contributed by atoms with E-state index < -0.39 is 0 Å². The lowest BCUT2D eigenvalue weighted by atomic mass is 10.0. The van der Waals surface area contributed by atoms with Gasteiger partial charge < -0.3 is 9.32 Å². The van der Waals surface area contributed by atoms with Crippen LogP contribution in [0.15, 0.2) is 174 Å². The quantitative estimate of drug-likeness (QED) is 0.185. The largest absolute Gasteiger partial charge is 0.436 e. The Balaban J connectivity index is 1.19. The third-order valence-corrected chi connectivity index (χ3v) is 9.88. The summed E-state index contributed by atoms with van der Waals surface area (Å²) in [5, 5.41) is 2.56. The summed E-state index contributed by atoms with van der Waals surface area (Å²) in [5.74, 6) is 0.629. The van der Waals surface area contributed by atoms with Gasteiger partial charge >= 0.3 is 0 Å². The lowest BCUT2D eigenvalue weighted by Gasteiger charge is -2.28. The van der Waals surface area contributed by atoms with Crippen LogP contribution < -0.4 is 4.90 Å². The summed E-state index contributed by atoms with van der Waals surface area (Å²) in [4.78, 5) is 7.31. The van der Waals surface area contributed by atoms with Gasteiger partial charge in [0.1, 0.15) is 5.52 Å². The van der Waals surface area contributed by atoms with Crippen molar-refractivity contribution in [3.8, 4) is 33.7 Å². The van der Waals surface area contributed by atoms with E-state index in [2.05, 4.69) is 132 Å². The Morgan fingerprint density at radius 2 is 1.11 bits per heavy atom. The fourth-order valence-electron chi connectivity index (χ4n) is 6.49. The van der Waals surface area contributed by atoms with E-state index in [1.807, 2.05) is 53.8 Å². The van der Waals surface area contributed by atoms with Crippen LogP contribution in [0.25, 0.3) is 65.0 Å². The highest BCUT2D eigenvalue weighted by atomic mass is 32.1. The third kappa shape index (κ3) is 4.87. The normalized spacial score (nSPS) is 11.4. The minimum atomic E-state index is 0.629. The standard InChI is InChI=1S/C43H28N2OS/c1-3-12-29(13-4-1)34-16-7-9-19-38(34)45(33-26-27-41-37(28-33)36-17-8-10-21-40(36)47-41)32-24-22-30(23-25-32)35-18-11-20-39-42(35)44-43(46-39)31-14-5-2-6-15-31/h1-28H. The average Bonchev–Trinajstić information content (AvgIpc) is 3.75. The van der Waals surface area contributed by atoms with Crippen molar-refractivity contribution in [2.24, 2.45) is 0 Å². The molecule has 222 valence electrons. The summed E-state index contributed by atoms with van der Waals surface area (Å²) in [6, 6.07) is 59.8. The maximum atomic E-state index is 6.19. The molecule has 0 bridgehead atoms. The summed E-state index contributed by atoms with van der Waals surface area (Å²) < 4.78 is 8.78. The number of hydrogen-bond acceptors (Lipinski definition) is 4. The second-order valence-electron chi connectivity index (χ2n) is 11.6. The first kappa shape index (κ1) is 27.3. The molecule has 0 amide bonds. The summed E-state index contributed by atoms with van der Waals surface area (Å²) in [5.41, 5.74) is 10.4. The van der Waals surface area contributed by atoms with E-state index in [1.54, 1.807) is 0 Å². The van der Waals surface area contributed by atoms with E-state index in [1.165, 1.54) is 31.3 Å². The highest BCUT2D eigenvalue weighted by Gasteiger charge is 2.19. The molecule has 2 aromatic heterocycles. The molecule has 9 aromatic rings. The molecular weight excluding hydrogens is 593 g/mol. The van der Waals surface area contributed by atoms with Crippen LogP contribution in [0.2, 0.25) is 0 Å². The van der Waals surface area contributed by atoms with Crippen LogP contribution in [-0.2, 0) is 0 Å². The van der Waals surface area contributed by atoms with Gasteiger partial charge in [0, 0.05) is 48.2 Å². The second-order valence-corrected chi connectivity index (χ2v) is 12.7. The fraction of sp³-hybridized carbons (Fsp3) is 0. The van der Waals surface area contributed by atoms with Gasteiger partial charge in [-0.15, -0.1) is 11.3 Å². The van der Waals surface area contributed by atoms with Crippen molar-refractivity contribution < 1.29 is 4.42 Å². The number of benzene rings is 7. The topological polar surface area (TPSA) is 29.3 Å². The van der Waals surface area contributed by atoms with Crippen LogP contribution in [0.5, 0.6) is 0 Å². The summed E-state index contributed by atoms with van der Waals surface area (Å²) in [6.07, 6.45) is 0. The molecule has 0 radical (unpaired) electrons. The average molecular weight is 621 g/mol.